The van der Waals surface area contributed by atoms with Gasteiger partial charge >= 0.3 is 0 Å². The Hall–Kier alpha value is 0. The molecule has 0 N–H and O–H groups in total. The van der Waals surface area contributed by atoms with Gasteiger partial charge in [0, 0.05) is 0 Å². The molecule has 3 rings (SSSR count). The third kappa shape index (κ3) is 1.86. The normalized spacial score (nSPS) is 51.8. The van der Waals surface area contributed by atoms with Crippen molar-refractivity contribution in [3.8, 4) is 0 Å². The average molecular weight is 248 g/mol. The Bertz CT molecular complexity index is 294. The molecule has 3 aliphatic rings. The van der Waals surface area contributed by atoms with Crippen molar-refractivity contribution >= 4 is 0 Å². The summed E-state index contributed by atoms with van der Waals surface area (Å²) in [5.41, 5.74) is 0.749. The molecule has 0 bridgehead atoms. The van der Waals surface area contributed by atoms with Crippen molar-refractivity contribution < 1.29 is 0 Å². The van der Waals surface area contributed by atoms with Gasteiger partial charge in [-0.3, -0.25) is 0 Å². The molecule has 0 nitrogen and oxygen atoms in total. The lowest BCUT2D eigenvalue weighted by atomic mass is 9.52. The van der Waals surface area contributed by atoms with Crippen molar-refractivity contribution in [3.63, 3.8) is 0 Å². The van der Waals surface area contributed by atoms with E-state index in [0.29, 0.717) is 0 Å². The fraction of sp³-hybridized carbons (Fsp3) is 1.00. The van der Waals surface area contributed by atoms with Gasteiger partial charge in [-0.1, -0.05) is 40.0 Å². The molecular formula is C18H32. The number of hydrogen-bond acceptors (Lipinski definition) is 0. The Morgan fingerprint density at radius 2 is 1.72 bits per heavy atom. The first-order valence-electron chi connectivity index (χ1n) is 8.69. The molecule has 0 saturated heterocycles. The van der Waals surface area contributed by atoms with Gasteiger partial charge in [0.25, 0.3) is 0 Å². The molecule has 3 saturated carbocycles. The second kappa shape index (κ2) is 4.84. The molecule has 6 unspecified atom stereocenters. The number of hydrogen-bond donors (Lipinski definition) is 0. The van der Waals surface area contributed by atoms with Gasteiger partial charge in [0.1, 0.15) is 0 Å². The molecule has 6 atom stereocenters. The maximum Gasteiger partial charge on any atom is -0.0295 e. The molecule has 0 aliphatic heterocycles. The number of fused-ring (bicyclic) bond motifs is 3. The predicted octanol–water partition coefficient (Wildman–Crippen LogP) is 5.67. The summed E-state index contributed by atoms with van der Waals surface area (Å²) in [6, 6.07) is 0. The highest BCUT2D eigenvalue weighted by molar-refractivity contribution is 5.01. The minimum absolute atomic E-state index is 0.749. The van der Waals surface area contributed by atoms with Crippen molar-refractivity contribution in [2.45, 2.75) is 78.6 Å². The summed E-state index contributed by atoms with van der Waals surface area (Å²) < 4.78 is 0. The first-order valence-corrected chi connectivity index (χ1v) is 8.69. The van der Waals surface area contributed by atoms with Crippen LogP contribution >= 0.6 is 0 Å². The molecule has 18 heavy (non-hydrogen) atoms. The fourth-order valence-electron chi connectivity index (χ4n) is 6.37. The van der Waals surface area contributed by atoms with Crippen LogP contribution in [0.3, 0.4) is 0 Å². The Kier molecular flexibility index (Phi) is 3.49. The SMILES string of the molecule is CCC1CCC2C(CCC3(C)CCCC23)C1CC. The summed E-state index contributed by atoms with van der Waals surface area (Å²) in [5.74, 6) is 5.44. The van der Waals surface area contributed by atoms with Crippen molar-refractivity contribution in [1.82, 2.24) is 0 Å². The zero-order chi connectivity index (χ0) is 12.8. The Morgan fingerprint density at radius 3 is 2.44 bits per heavy atom. The van der Waals surface area contributed by atoms with Crippen LogP contribution in [-0.4, -0.2) is 0 Å². The van der Waals surface area contributed by atoms with E-state index in [4.69, 9.17) is 0 Å². The van der Waals surface area contributed by atoms with Gasteiger partial charge in [-0.25, -0.2) is 0 Å². The van der Waals surface area contributed by atoms with E-state index in [-0.39, 0.29) is 0 Å². The average Bonchev–Trinajstić information content (AvgIpc) is 2.79. The monoisotopic (exact) mass is 248 g/mol. The van der Waals surface area contributed by atoms with E-state index in [9.17, 15) is 0 Å². The molecule has 0 aromatic rings. The molecule has 0 aromatic carbocycles. The molecule has 0 amide bonds. The van der Waals surface area contributed by atoms with Crippen LogP contribution in [0.4, 0.5) is 0 Å². The minimum Gasteiger partial charge on any atom is -0.0651 e. The zero-order valence-corrected chi connectivity index (χ0v) is 12.8. The van der Waals surface area contributed by atoms with Gasteiger partial charge in [0.15, 0.2) is 0 Å². The molecule has 0 aromatic heterocycles. The highest BCUT2D eigenvalue weighted by atomic mass is 14.6. The van der Waals surface area contributed by atoms with Gasteiger partial charge in [0.05, 0.1) is 0 Å². The van der Waals surface area contributed by atoms with Gasteiger partial charge in [0.2, 0.25) is 0 Å². The molecule has 3 aliphatic carbocycles. The van der Waals surface area contributed by atoms with Crippen molar-refractivity contribution in [3.05, 3.63) is 0 Å². The first-order chi connectivity index (χ1) is 8.69. The molecule has 0 radical (unpaired) electrons. The van der Waals surface area contributed by atoms with Crippen LogP contribution in [0.2, 0.25) is 0 Å². The summed E-state index contributed by atoms with van der Waals surface area (Å²) in [4.78, 5) is 0. The predicted molar refractivity (Wildman–Crippen MR) is 78.5 cm³/mol. The lowest BCUT2D eigenvalue weighted by molar-refractivity contribution is -0.0389. The zero-order valence-electron chi connectivity index (χ0n) is 12.8. The largest absolute Gasteiger partial charge is 0.0651 e. The topological polar surface area (TPSA) is 0 Å². The lowest BCUT2D eigenvalue weighted by Crippen LogP contribution is -2.45. The Morgan fingerprint density at radius 1 is 0.889 bits per heavy atom. The molecule has 0 spiro atoms. The van der Waals surface area contributed by atoms with Crippen LogP contribution in [0.5, 0.6) is 0 Å². The van der Waals surface area contributed by atoms with Crippen LogP contribution in [0.25, 0.3) is 0 Å². The van der Waals surface area contributed by atoms with E-state index < -0.39 is 0 Å². The minimum atomic E-state index is 0.749. The summed E-state index contributed by atoms with van der Waals surface area (Å²) in [5, 5.41) is 0. The van der Waals surface area contributed by atoms with Gasteiger partial charge in [-0.2, -0.15) is 0 Å². The second-order valence-electron chi connectivity index (χ2n) is 7.84. The van der Waals surface area contributed by atoms with E-state index in [1.54, 1.807) is 32.1 Å². The van der Waals surface area contributed by atoms with Gasteiger partial charge in [-0.05, 0) is 73.5 Å². The Labute approximate surface area is 114 Å². The highest BCUT2D eigenvalue weighted by Crippen LogP contribution is 2.61. The van der Waals surface area contributed by atoms with E-state index in [1.165, 1.54) is 25.7 Å². The molecular weight excluding hydrogens is 216 g/mol. The van der Waals surface area contributed by atoms with E-state index in [0.717, 1.165) is 35.0 Å². The lowest BCUT2D eigenvalue weighted by Gasteiger charge is -2.53. The van der Waals surface area contributed by atoms with Crippen LogP contribution < -0.4 is 0 Å². The van der Waals surface area contributed by atoms with Crippen molar-refractivity contribution in [1.29, 1.82) is 0 Å². The van der Waals surface area contributed by atoms with Crippen LogP contribution in [0.15, 0.2) is 0 Å². The van der Waals surface area contributed by atoms with Crippen molar-refractivity contribution in [2.24, 2.45) is 35.0 Å². The summed E-state index contributed by atoms with van der Waals surface area (Å²) in [6.07, 6.45) is 13.7. The maximum absolute atomic E-state index is 2.62. The standard InChI is InChI=1S/C18H32/c1-4-13-8-9-16-15(14(13)5-2)10-12-18(3)11-6-7-17(16)18/h13-17H,4-12H2,1-3H3. The highest BCUT2D eigenvalue weighted by Gasteiger charge is 2.52. The number of rotatable bonds is 2. The smallest absolute Gasteiger partial charge is 0.0295 e. The van der Waals surface area contributed by atoms with E-state index >= 15 is 0 Å². The maximum atomic E-state index is 2.62. The van der Waals surface area contributed by atoms with E-state index in [1.807, 2.05) is 0 Å². The quantitative estimate of drug-likeness (QED) is 0.591. The molecule has 0 heterocycles. The first kappa shape index (κ1) is 13.0. The summed E-state index contributed by atoms with van der Waals surface area (Å²) in [6.45, 7) is 7.50. The third-order valence-electron chi connectivity index (χ3n) is 7.30. The molecule has 3 fully saturated rings. The van der Waals surface area contributed by atoms with Crippen LogP contribution in [0.1, 0.15) is 78.6 Å². The van der Waals surface area contributed by atoms with Crippen LogP contribution in [0, 0.1) is 35.0 Å². The summed E-state index contributed by atoms with van der Waals surface area (Å²) >= 11 is 0. The van der Waals surface area contributed by atoms with Gasteiger partial charge < -0.3 is 0 Å². The fourth-order valence-corrected chi connectivity index (χ4v) is 6.37. The molecule has 0 heteroatoms. The van der Waals surface area contributed by atoms with Crippen LogP contribution in [-0.2, 0) is 0 Å². The molecule has 104 valence electrons. The van der Waals surface area contributed by atoms with E-state index in [2.05, 4.69) is 20.8 Å². The Balaban J connectivity index is 1.81. The third-order valence-corrected chi connectivity index (χ3v) is 7.30. The summed E-state index contributed by atoms with van der Waals surface area (Å²) in [7, 11) is 0. The second-order valence-corrected chi connectivity index (χ2v) is 7.84. The van der Waals surface area contributed by atoms with Crippen molar-refractivity contribution in [2.75, 3.05) is 0 Å². The van der Waals surface area contributed by atoms with Gasteiger partial charge in [-0.15, -0.1) is 0 Å².